The van der Waals surface area contributed by atoms with E-state index in [0.29, 0.717) is 0 Å². The van der Waals surface area contributed by atoms with Crippen molar-refractivity contribution in [1.29, 1.82) is 0 Å². The Morgan fingerprint density at radius 3 is 2.67 bits per heavy atom. The lowest BCUT2D eigenvalue weighted by Crippen LogP contribution is -2.00. The molecule has 0 bridgehead atoms. The highest BCUT2D eigenvalue weighted by Gasteiger charge is 2.12. The van der Waals surface area contributed by atoms with Gasteiger partial charge >= 0.3 is 10.2 Å². The number of pyridine rings is 1. The molecule has 0 atom stereocenters. The Labute approximate surface area is 68.3 Å². The number of hydrogen-bond acceptors (Lipinski definition) is 3. The zero-order valence-corrected chi connectivity index (χ0v) is 6.68. The van der Waals surface area contributed by atoms with Crippen LogP contribution >= 0.6 is 0 Å². The maximum atomic E-state index is 12.6. The van der Waals surface area contributed by atoms with E-state index in [1.165, 1.54) is 12.1 Å². The van der Waals surface area contributed by atoms with E-state index in [1.54, 1.807) is 0 Å². The second-order valence-corrected chi connectivity index (χ2v) is 3.50. The molecule has 66 valence electrons. The Morgan fingerprint density at radius 1 is 1.50 bits per heavy atom. The van der Waals surface area contributed by atoms with Gasteiger partial charge in [0.05, 0.1) is 0 Å². The molecule has 0 aliphatic rings. The number of rotatable bonds is 2. The standard InChI is InChI=1S/C6H5F2NO2S/c7-6-5(2-1-3-9-6)4-12(8,10)11/h1-3H,4H2. The Hall–Kier alpha value is -1.04. The second kappa shape index (κ2) is 3.14. The largest absolute Gasteiger partial charge is 0.306 e. The van der Waals surface area contributed by atoms with Crippen LogP contribution in [-0.4, -0.2) is 13.4 Å². The van der Waals surface area contributed by atoms with Crippen LogP contribution in [-0.2, 0) is 16.0 Å². The molecular weight excluding hydrogens is 188 g/mol. The summed E-state index contributed by atoms with van der Waals surface area (Å²) in [6.07, 6.45) is 1.16. The molecule has 1 aromatic heterocycles. The number of halogens is 2. The van der Waals surface area contributed by atoms with Gasteiger partial charge in [0.25, 0.3) is 0 Å². The van der Waals surface area contributed by atoms with Gasteiger partial charge in [-0.25, -0.2) is 4.98 Å². The zero-order chi connectivity index (χ0) is 9.19. The summed E-state index contributed by atoms with van der Waals surface area (Å²) in [6, 6.07) is 2.50. The predicted octanol–water partition coefficient (Wildman–Crippen LogP) is 1.02. The van der Waals surface area contributed by atoms with Crippen LogP contribution in [0.5, 0.6) is 0 Å². The summed E-state index contributed by atoms with van der Waals surface area (Å²) in [7, 11) is -4.68. The third-order valence-electron chi connectivity index (χ3n) is 1.16. The third kappa shape index (κ3) is 2.54. The highest BCUT2D eigenvalue weighted by Crippen LogP contribution is 2.08. The van der Waals surface area contributed by atoms with Crippen molar-refractivity contribution in [3.63, 3.8) is 0 Å². The average Bonchev–Trinajstić information content (AvgIpc) is 1.91. The SMILES string of the molecule is O=S(=O)(F)Cc1cccnc1F. The molecule has 0 saturated carbocycles. The molecule has 1 rings (SSSR count). The molecule has 1 heterocycles. The lowest BCUT2D eigenvalue weighted by Gasteiger charge is -1.96. The van der Waals surface area contributed by atoms with Crippen LogP contribution < -0.4 is 0 Å². The minimum absolute atomic E-state index is 0.264. The molecule has 0 N–H and O–H groups in total. The van der Waals surface area contributed by atoms with E-state index in [1.807, 2.05) is 0 Å². The summed E-state index contributed by atoms with van der Waals surface area (Å²) in [5, 5.41) is 0. The molecule has 0 aromatic carbocycles. The average molecular weight is 193 g/mol. The summed E-state index contributed by atoms with van der Waals surface area (Å²) in [5.41, 5.74) is -0.264. The molecule has 3 nitrogen and oxygen atoms in total. The molecule has 0 unspecified atom stereocenters. The van der Waals surface area contributed by atoms with Gasteiger partial charge in [-0.15, -0.1) is 3.89 Å². The first-order valence-electron chi connectivity index (χ1n) is 3.01. The molecule has 0 aliphatic carbocycles. The molecule has 0 fully saturated rings. The van der Waals surface area contributed by atoms with E-state index in [2.05, 4.69) is 4.98 Å². The van der Waals surface area contributed by atoms with Gasteiger partial charge in [-0.05, 0) is 6.07 Å². The monoisotopic (exact) mass is 193 g/mol. The predicted molar refractivity (Wildman–Crippen MR) is 37.9 cm³/mol. The lowest BCUT2D eigenvalue weighted by molar-refractivity contribution is 0.541. The van der Waals surface area contributed by atoms with Gasteiger partial charge in [0, 0.05) is 11.8 Å². The Balaban J connectivity index is 2.98. The van der Waals surface area contributed by atoms with Crippen LogP contribution in [0.25, 0.3) is 0 Å². The van der Waals surface area contributed by atoms with E-state index in [-0.39, 0.29) is 5.56 Å². The minimum Gasteiger partial charge on any atom is -0.228 e. The van der Waals surface area contributed by atoms with Crippen LogP contribution in [0, 0.1) is 5.95 Å². The summed E-state index contributed by atoms with van der Waals surface area (Å²) in [5.74, 6) is -1.93. The number of aromatic nitrogens is 1. The van der Waals surface area contributed by atoms with Crippen LogP contribution in [0.3, 0.4) is 0 Å². The Kier molecular flexibility index (Phi) is 2.37. The topological polar surface area (TPSA) is 47.0 Å². The summed E-state index contributed by atoms with van der Waals surface area (Å²) >= 11 is 0. The molecule has 12 heavy (non-hydrogen) atoms. The third-order valence-corrected chi connectivity index (χ3v) is 1.82. The first-order chi connectivity index (χ1) is 5.49. The normalized spacial score (nSPS) is 11.5. The molecule has 0 radical (unpaired) electrons. The van der Waals surface area contributed by atoms with Gasteiger partial charge in [0.2, 0.25) is 5.95 Å². The quantitative estimate of drug-likeness (QED) is 0.520. The van der Waals surface area contributed by atoms with E-state index in [4.69, 9.17) is 0 Å². The molecule has 6 heteroatoms. The van der Waals surface area contributed by atoms with Crippen LogP contribution in [0.4, 0.5) is 8.28 Å². The first-order valence-corrected chi connectivity index (χ1v) is 4.56. The fourth-order valence-electron chi connectivity index (χ4n) is 0.713. The van der Waals surface area contributed by atoms with E-state index in [0.717, 1.165) is 6.20 Å². The fraction of sp³-hybridized carbons (Fsp3) is 0.167. The second-order valence-electron chi connectivity index (χ2n) is 2.14. The van der Waals surface area contributed by atoms with E-state index in [9.17, 15) is 16.7 Å². The Bertz CT molecular complexity index is 377. The summed E-state index contributed by atoms with van der Waals surface area (Å²) in [6.45, 7) is 0. The van der Waals surface area contributed by atoms with Crippen molar-refractivity contribution in [1.82, 2.24) is 4.98 Å². The van der Waals surface area contributed by atoms with Crippen molar-refractivity contribution in [3.05, 3.63) is 29.8 Å². The molecule has 1 aromatic rings. The zero-order valence-electron chi connectivity index (χ0n) is 5.87. The van der Waals surface area contributed by atoms with E-state index < -0.39 is 21.9 Å². The molecule has 0 spiro atoms. The van der Waals surface area contributed by atoms with Crippen LogP contribution in [0.1, 0.15) is 5.56 Å². The maximum Gasteiger partial charge on any atom is 0.306 e. The maximum absolute atomic E-state index is 12.6. The van der Waals surface area contributed by atoms with Gasteiger partial charge in [0.15, 0.2) is 0 Å². The minimum atomic E-state index is -4.68. The van der Waals surface area contributed by atoms with Gasteiger partial charge in [-0.3, -0.25) is 0 Å². The van der Waals surface area contributed by atoms with Crippen molar-refractivity contribution in [2.45, 2.75) is 5.75 Å². The molecular formula is C6H5F2NO2S. The lowest BCUT2D eigenvalue weighted by atomic mass is 10.3. The summed E-state index contributed by atoms with van der Waals surface area (Å²) in [4.78, 5) is 3.17. The fourth-order valence-corrected chi connectivity index (χ4v) is 1.30. The van der Waals surface area contributed by atoms with Crippen molar-refractivity contribution >= 4 is 10.2 Å². The van der Waals surface area contributed by atoms with Crippen molar-refractivity contribution < 1.29 is 16.7 Å². The van der Waals surface area contributed by atoms with Gasteiger partial charge in [0.1, 0.15) is 5.75 Å². The van der Waals surface area contributed by atoms with E-state index >= 15 is 0 Å². The highest BCUT2D eigenvalue weighted by atomic mass is 32.3. The summed E-state index contributed by atoms with van der Waals surface area (Å²) < 4.78 is 44.8. The smallest absolute Gasteiger partial charge is 0.228 e. The highest BCUT2D eigenvalue weighted by molar-refractivity contribution is 7.85. The van der Waals surface area contributed by atoms with Crippen LogP contribution in [0.15, 0.2) is 18.3 Å². The van der Waals surface area contributed by atoms with Crippen molar-refractivity contribution in [3.8, 4) is 0 Å². The van der Waals surface area contributed by atoms with Crippen LogP contribution in [0.2, 0.25) is 0 Å². The van der Waals surface area contributed by atoms with Gasteiger partial charge in [-0.1, -0.05) is 6.07 Å². The van der Waals surface area contributed by atoms with Crippen molar-refractivity contribution in [2.75, 3.05) is 0 Å². The number of nitrogens with zero attached hydrogens (tertiary/aromatic N) is 1. The molecule has 0 amide bonds. The number of hydrogen-bond donors (Lipinski definition) is 0. The van der Waals surface area contributed by atoms with Gasteiger partial charge in [-0.2, -0.15) is 12.8 Å². The van der Waals surface area contributed by atoms with Crippen molar-refractivity contribution in [2.24, 2.45) is 0 Å². The molecule has 0 aliphatic heterocycles. The Morgan fingerprint density at radius 2 is 2.17 bits per heavy atom. The first kappa shape index (κ1) is 9.05. The van der Waals surface area contributed by atoms with Gasteiger partial charge < -0.3 is 0 Å². The molecule has 0 saturated heterocycles.